The second-order valence-electron chi connectivity index (χ2n) is 5.84. The maximum Gasteiger partial charge on any atom is 0.260 e. The van der Waals surface area contributed by atoms with E-state index < -0.39 is 0 Å². The molecule has 0 aliphatic heterocycles. The van der Waals surface area contributed by atoms with E-state index in [0.717, 1.165) is 0 Å². The predicted molar refractivity (Wildman–Crippen MR) is 97.1 cm³/mol. The van der Waals surface area contributed by atoms with Crippen molar-refractivity contribution in [2.75, 3.05) is 12.4 Å². The fourth-order valence-corrected chi connectivity index (χ4v) is 2.50. The third-order valence-corrected chi connectivity index (χ3v) is 4.01. The Labute approximate surface area is 149 Å². The molecule has 0 saturated carbocycles. The van der Waals surface area contributed by atoms with Gasteiger partial charge in [0.2, 0.25) is 5.95 Å². The molecule has 0 spiro atoms. The highest BCUT2D eigenvalue weighted by Crippen LogP contribution is 2.20. The van der Waals surface area contributed by atoms with E-state index in [2.05, 4.69) is 20.4 Å². The first-order valence-electron chi connectivity index (χ1n) is 7.99. The fourth-order valence-electron chi connectivity index (χ4n) is 2.50. The Hall–Kier alpha value is -3.42. The van der Waals surface area contributed by atoms with Gasteiger partial charge in [-0.2, -0.15) is 9.78 Å². The van der Waals surface area contributed by atoms with Crippen molar-refractivity contribution in [3.05, 3.63) is 63.2 Å². The quantitative estimate of drug-likeness (QED) is 0.748. The van der Waals surface area contributed by atoms with Crippen molar-refractivity contribution in [2.45, 2.75) is 20.8 Å². The number of ether oxygens (including phenoxy) is 1. The summed E-state index contributed by atoms with van der Waals surface area (Å²) in [5, 5.41) is 7.11. The number of hydrogen-bond donors (Lipinski definition) is 2. The third-order valence-electron chi connectivity index (χ3n) is 4.01. The zero-order valence-corrected chi connectivity index (χ0v) is 15.0. The lowest BCUT2D eigenvalue weighted by Crippen LogP contribution is -2.21. The van der Waals surface area contributed by atoms with Crippen molar-refractivity contribution in [3.8, 4) is 11.7 Å². The van der Waals surface area contributed by atoms with Crippen LogP contribution >= 0.6 is 0 Å². The lowest BCUT2D eigenvalue weighted by molar-refractivity contribution is 0.102. The summed E-state index contributed by atoms with van der Waals surface area (Å²) in [6.07, 6.45) is 0. The average Bonchev–Trinajstić information content (AvgIpc) is 2.99. The second kappa shape index (κ2) is 6.83. The molecule has 2 heterocycles. The molecule has 0 bridgehead atoms. The number of rotatable bonds is 4. The lowest BCUT2D eigenvalue weighted by atomic mass is 10.2. The standard InChI is InChI=1S/C18H19N5O3/c1-10-9-15(20-17(25)13-7-5-6-8-14(13)26-4)23(22-10)18-19-12(3)11(2)16(24)21-18/h5-9H,1-4H3,(H,20,25)(H,19,21,24). The summed E-state index contributed by atoms with van der Waals surface area (Å²) < 4.78 is 6.63. The normalized spacial score (nSPS) is 10.6. The zero-order chi connectivity index (χ0) is 18.8. The van der Waals surface area contributed by atoms with E-state index in [1.807, 2.05) is 0 Å². The van der Waals surface area contributed by atoms with Gasteiger partial charge in [-0.3, -0.25) is 14.6 Å². The number of amides is 1. The van der Waals surface area contributed by atoms with Gasteiger partial charge in [0.15, 0.2) is 0 Å². The Morgan fingerprint density at radius 3 is 2.65 bits per heavy atom. The number of benzene rings is 1. The number of hydrogen-bond acceptors (Lipinski definition) is 5. The molecule has 3 rings (SSSR count). The summed E-state index contributed by atoms with van der Waals surface area (Å²) in [7, 11) is 1.50. The second-order valence-corrected chi connectivity index (χ2v) is 5.84. The van der Waals surface area contributed by atoms with Crippen LogP contribution in [0.25, 0.3) is 5.95 Å². The summed E-state index contributed by atoms with van der Waals surface area (Å²) in [6, 6.07) is 8.61. The van der Waals surface area contributed by atoms with Crippen LogP contribution in [0.5, 0.6) is 5.75 Å². The maximum absolute atomic E-state index is 12.7. The number of aromatic amines is 1. The minimum absolute atomic E-state index is 0.238. The van der Waals surface area contributed by atoms with Gasteiger partial charge < -0.3 is 10.1 Å². The number of carbonyl (C=O) groups is 1. The van der Waals surface area contributed by atoms with Crippen LogP contribution in [0.1, 0.15) is 27.3 Å². The van der Waals surface area contributed by atoms with Crippen molar-refractivity contribution in [1.29, 1.82) is 0 Å². The number of aryl methyl sites for hydroxylation is 2. The molecule has 2 N–H and O–H groups in total. The molecule has 8 heteroatoms. The predicted octanol–water partition coefficient (Wildman–Crippen LogP) is 2.14. The number of nitrogens with zero attached hydrogens (tertiary/aromatic N) is 3. The molecule has 134 valence electrons. The SMILES string of the molecule is COc1ccccc1C(=O)Nc1cc(C)nn1-c1nc(C)c(C)c(=O)[nH]1. The van der Waals surface area contributed by atoms with Crippen LogP contribution < -0.4 is 15.6 Å². The largest absolute Gasteiger partial charge is 0.496 e. The first-order valence-corrected chi connectivity index (χ1v) is 7.99. The van der Waals surface area contributed by atoms with Crippen molar-refractivity contribution in [3.63, 3.8) is 0 Å². The number of H-pyrrole nitrogens is 1. The first kappa shape index (κ1) is 17.4. The molecule has 2 aromatic heterocycles. The van der Waals surface area contributed by atoms with E-state index in [9.17, 15) is 9.59 Å². The van der Waals surface area contributed by atoms with Gasteiger partial charge >= 0.3 is 0 Å². The highest BCUT2D eigenvalue weighted by molar-refractivity contribution is 6.05. The number of carbonyl (C=O) groups excluding carboxylic acids is 1. The zero-order valence-electron chi connectivity index (χ0n) is 15.0. The molecule has 1 amide bonds. The van der Waals surface area contributed by atoms with Gasteiger partial charge in [-0.1, -0.05) is 12.1 Å². The highest BCUT2D eigenvalue weighted by atomic mass is 16.5. The van der Waals surface area contributed by atoms with Crippen LogP contribution in [-0.2, 0) is 0 Å². The smallest absolute Gasteiger partial charge is 0.260 e. The summed E-state index contributed by atoms with van der Waals surface area (Å²) in [4.78, 5) is 31.7. The lowest BCUT2D eigenvalue weighted by Gasteiger charge is -2.11. The van der Waals surface area contributed by atoms with E-state index in [1.165, 1.54) is 11.8 Å². The molecule has 0 aliphatic carbocycles. The number of para-hydroxylation sites is 1. The third kappa shape index (κ3) is 3.21. The molecule has 1 aromatic carbocycles. The molecule has 8 nitrogen and oxygen atoms in total. The van der Waals surface area contributed by atoms with Crippen LogP contribution in [0.3, 0.4) is 0 Å². The van der Waals surface area contributed by atoms with Crippen LogP contribution in [0.4, 0.5) is 5.82 Å². The molecule has 0 radical (unpaired) electrons. The Morgan fingerprint density at radius 2 is 1.96 bits per heavy atom. The summed E-state index contributed by atoms with van der Waals surface area (Å²) in [5.74, 6) is 0.742. The van der Waals surface area contributed by atoms with Crippen LogP contribution in [0.15, 0.2) is 35.1 Å². The van der Waals surface area contributed by atoms with Gasteiger partial charge in [-0.05, 0) is 32.9 Å². The Kier molecular flexibility index (Phi) is 4.57. The van der Waals surface area contributed by atoms with Gasteiger partial charge in [0.05, 0.1) is 18.4 Å². The molecule has 0 atom stereocenters. The van der Waals surface area contributed by atoms with Gasteiger partial charge in [0.1, 0.15) is 11.6 Å². The van der Waals surface area contributed by atoms with Crippen LogP contribution in [0.2, 0.25) is 0 Å². The topological polar surface area (TPSA) is 102 Å². The van der Waals surface area contributed by atoms with Crippen molar-refractivity contribution in [1.82, 2.24) is 19.7 Å². The van der Waals surface area contributed by atoms with Gasteiger partial charge in [0.25, 0.3) is 11.5 Å². The van der Waals surface area contributed by atoms with Gasteiger partial charge in [-0.25, -0.2) is 4.98 Å². The maximum atomic E-state index is 12.7. The van der Waals surface area contributed by atoms with E-state index in [-0.39, 0.29) is 17.4 Å². The highest BCUT2D eigenvalue weighted by Gasteiger charge is 2.17. The molecule has 0 saturated heterocycles. The molecular weight excluding hydrogens is 334 g/mol. The van der Waals surface area contributed by atoms with Crippen molar-refractivity contribution in [2.24, 2.45) is 0 Å². The van der Waals surface area contributed by atoms with Gasteiger partial charge in [-0.15, -0.1) is 0 Å². The van der Waals surface area contributed by atoms with Crippen molar-refractivity contribution >= 4 is 11.7 Å². The summed E-state index contributed by atoms with van der Waals surface area (Å²) in [6.45, 7) is 5.23. The van der Waals surface area contributed by atoms with E-state index >= 15 is 0 Å². The van der Waals surface area contributed by atoms with E-state index in [4.69, 9.17) is 4.74 Å². The Morgan fingerprint density at radius 1 is 1.23 bits per heavy atom. The molecule has 0 aliphatic rings. The molecule has 3 aromatic rings. The van der Waals surface area contributed by atoms with Gasteiger partial charge in [0, 0.05) is 17.3 Å². The minimum Gasteiger partial charge on any atom is -0.496 e. The summed E-state index contributed by atoms with van der Waals surface area (Å²) in [5.41, 5.74) is 1.95. The first-order chi connectivity index (χ1) is 12.4. The monoisotopic (exact) mass is 353 g/mol. The Bertz CT molecular complexity index is 1040. The average molecular weight is 353 g/mol. The minimum atomic E-state index is -0.352. The van der Waals surface area contributed by atoms with Crippen molar-refractivity contribution < 1.29 is 9.53 Å². The molecule has 0 unspecified atom stereocenters. The number of methoxy groups -OCH3 is 1. The van der Waals surface area contributed by atoms with Crippen LogP contribution in [0, 0.1) is 20.8 Å². The fraction of sp³-hybridized carbons (Fsp3) is 0.222. The number of anilines is 1. The van der Waals surface area contributed by atoms with E-state index in [1.54, 1.807) is 51.1 Å². The number of nitrogens with one attached hydrogen (secondary N) is 2. The summed E-state index contributed by atoms with van der Waals surface area (Å²) >= 11 is 0. The van der Waals surface area contributed by atoms with Crippen LogP contribution in [-0.4, -0.2) is 32.8 Å². The van der Waals surface area contributed by atoms with E-state index in [0.29, 0.717) is 34.1 Å². The molecule has 26 heavy (non-hydrogen) atoms. The molecular formula is C18H19N5O3. The number of aromatic nitrogens is 4. The Balaban J connectivity index is 2.00. The molecule has 0 fully saturated rings.